The molecular weight excluding hydrogens is 389 g/mol. The minimum absolute atomic E-state index is 0.0474. The second kappa shape index (κ2) is 6.70. The minimum atomic E-state index is -1.04. The number of ketones is 1. The van der Waals surface area contributed by atoms with Gasteiger partial charge < -0.3 is 14.5 Å². The van der Waals surface area contributed by atoms with Crippen LogP contribution in [-0.4, -0.2) is 26.8 Å². The Balaban J connectivity index is 1.72. The van der Waals surface area contributed by atoms with Gasteiger partial charge in [-0.2, -0.15) is 0 Å². The number of benzene rings is 2. The molecule has 30 heavy (non-hydrogen) atoms. The van der Waals surface area contributed by atoms with Crippen molar-refractivity contribution in [2.75, 3.05) is 4.90 Å². The van der Waals surface area contributed by atoms with Gasteiger partial charge >= 0.3 is 5.91 Å². The van der Waals surface area contributed by atoms with Gasteiger partial charge in [0.25, 0.3) is 5.78 Å². The van der Waals surface area contributed by atoms with E-state index in [1.54, 1.807) is 42.5 Å². The smallest absolute Gasteiger partial charge is 0.302 e. The normalized spacial score (nSPS) is 18.4. The zero-order chi connectivity index (χ0) is 20.8. The summed E-state index contributed by atoms with van der Waals surface area (Å²) in [6.45, 7) is 0. The molecular formula is C22H14FN3O4. The van der Waals surface area contributed by atoms with Crippen LogP contribution in [0.5, 0.6) is 0 Å². The molecule has 1 atom stereocenters. The fraction of sp³-hybridized carbons (Fsp3) is 0.0455. The molecule has 1 amide bonds. The van der Waals surface area contributed by atoms with Gasteiger partial charge in [-0.3, -0.25) is 14.5 Å². The van der Waals surface area contributed by atoms with E-state index in [-0.39, 0.29) is 23.0 Å². The second-order valence-corrected chi connectivity index (χ2v) is 6.77. The maximum Gasteiger partial charge on any atom is 0.302 e. The molecule has 1 aliphatic heterocycles. The van der Waals surface area contributed by atoms with Crippen LogP contribution in [0.4, 0.5) is 10.3 Å². The topological polar surface area (TPSA) is 99.4 Å². The van der Waals surface area contributed by atoms with Gasteiger partial charge in [-0.1, -0.05) is 30.3 Å². The molecule has 148 valence electrons. The molecule has 4 aromatic rings. The third kappa shape index (κ3) is 2.69. The number of aliphatic hydroxyl groups excluding tert-OH is 1. The van der Waals surface area contributed by atoms with Gasteiger partial charge in [-0.05, 0) is 30.3 Å². The van der Waals surface area contributed by atoms with Crippen molar-refractivity contribution in [1.82, 2.24) is 9.97 Å². The van der Waals surface area contributed by atoms with Crippen LogP contribution >= 0.6 is 0 Å². The molecule has 8 heteroatoms. The third-order valence-electron chi connectivity index (χ3n) is 4.96. The largest absolute Gasteiger partial charge is 0.507 e. The Morgan fingerprint density at radius 3 is 2.63 bits per heavy atom. The van der Waals surface area contributed by atoms with Crippen molar-refractivity contribution < 1.29 is 23.5 Å². The van der Waals surface area contributed by atoms with Crippen LogP contribution in [0.3, 0.4) is 0 Å². The van der Waals surface area contributed by atoms with E-state index in [9.17, 15) is 19.1 Å². The number of aromatic amines is 1. The molecule has 7 nitrogen and oxygen atoms in total. The van der Waals surface area contributed by atoms with Crippen molar-refractivity contribution in [2.24, 2.45) is 0 Å². The number of imidazole rings is 1. The molecule has 5 rings (SSSR count). The van der Waals surface area contributed by atoms with E-state index in [0.717, 1.165) is 4.90 Å². The van der Waals surface area contributed by atoms with Gasteiger partial charge in [0.15, 0.2) is 0 Å². The maximum absolute atomic E-state index is 13.6. The van der Waals surface area contributed by atoms with E-state index in [1.165, 1.54) is 24.5 Å². The van der Waals surface area contributed by atoms with E-state index in [2.05, 4.69) is 9.97 Å². The molecule has 0 bridgehead atoms. The monoisotopic (exact) mass is 403 g/mol. The Morgan fingerprint density at radius 2 is 1.90 bits per heavy atom. The summed E-state index contributed by atoms with van der Waals surface area (Å²) in [5.41, 5.74) is 1.06. The number of fused-ring (bicyclic) bond motifs is 1. The van der Waals surface area contributed by atoms with Gasteiger partial charge in [-0.15, -0.1) is 0 Å². The average Bonchev–Trinajstić information content (AvgIpc) is 3.47. The van der Waals surface area contributed by atoms with Crippen molar-refractivity contribution in [3.05, 3.63) is 89.6 Å². The number of anilines is 1. The fourth-order valence-corrected chi connectivity index (χ4v) is 3.60. The third-order valence-corrected chi connectivity index (χ3v) is 4.96. The number of H-pyrrole nitrogens is 1. The first-order valence-electron chi connectivity index (χ1n) is 9.09. The highest BCUT2D eigenvalue weighted by Gasteiger charge is 2.49. The van der Waals surface area contributed by atoms with Crippen LogP contribution in [-0.2, 0) is 9.59 Å². The molecule has 2 N–H and O–H groups in total. The summed E-state index contributed by atoms with van der Waals surface area (Å²) in [7, 11) is 0. The van der Waals surface area contributed by atoms with Gasteiger partial charge in [0, 0.05) is 5.56 Å². The molecule has 1 fully saturated rings. The van der Waals surface area contributed by atoms with Crippen LogP contribution < -0.4 is 4.90 Å². The van der Waals surface area contributed by atoms with E-state index in [1.807, 2.05) is 0 Å². The molecule has 0 saturated carbocycles. The van der Waals surface area contributed by atoms with Gasteiger partial charge in [-0.25, -0.2) is 9.37 Å². The summed E-state index contributed by atoms with van der Waals surface area (Å²) in [6, 6.07) is 14.6. The van der Waals surface area contributed by atoms with E-state index < -0.39 is 23.5 Å². The molecule has 0 spiro atoms. The molecule has 0 aliphatic carbocycles. The Labute approximate surface area is 169 Å². The van der Waals surface area contributed by atoms with Gasteiger partial charge in [0.2, 0.25) is 5.95 Å². The van der Waals surface area contributed by atoms with Gasteiger partial charge in [0.05, 0.1) is 22.9 Å². The predicted octanol–water partition coefficient (Wildman–Crippen LogP) is 3.92. The predicted molar refractivity (Wildman–Crippen MR) is 106 cm³/mol. The number of carbonyl (C=O) groups excluding carboxylic acids is 2. The number of furan rings is 1. The maximum atomic E-state index is 13.6. The highest BCUT2D eigenvalue weighted by molar-refractivity contribution is 6.51. The SMILES string of the molecule is O=C1C(=O)N(c2nc3ccc(F)cc3[nH]2)C(c2ccco2)/C1=C(\O)c1ccccc1. The number of aromatic nitrogens is 2. The minimum Gasteiger partial charge on any atom is -0.507 e. The fourth-order valence-electron chi connectivity index (χ4n) is 3.60. The number of rotatable bonds is 3. The van der Waals surface area contributed by atoms with Crippen molar-refractivity contribution in [3.63, 3.8) is 0 Å². The summed E-state index contributed by atoms with van der Waals surface area (Å²) in [6.07, 6.45) is 1.41. The average molecular weight is 403 g/mol. The Bertz CT molecular complexity index is 1310. The number of hydrogen-bond donors (Lipinski definition) is 2. The number of aliphatic hydroxyl groups is 1. The first-order chi connectivity index (χ1) is 14.5. The summed E-state index contributed by atoms with van der Waals surface area (Å²) >= 11 is 0. The summed E-state index contributed by atoms with van der Waals surface area (Å²) < 4.78 is 19.1. The molecule has 1 saturated heterocycles. The first kappa shape index (κ1) is 17.9. The standard InChI is InChI=1S/C22H14FN3O4/c23-13-8-9-14-15(11-13)25-22(24-14)26-18(16-7-4-10-30-16)17(20(28)21(26)29)19(27)12-5-2-1-3-6-12/h1-11,18,27H,(H,24,25)/b19-17+. The van der Waals surface area contributed by atoms with Crippen LogP contribution in [0.15, 0.2) is 76.9 Å². The summed E-state index contributed by atoms with van der Waals surface area (Å²) in [5, 5.41) is 10.9. The number of hydrogen-bond acceptors (Lipinski definition) is 5. The molecule has 2 aromatic heterocycles. The van der Waals surface area contributed by atoms with E-state index in [0.29, 0.717) is 16.6 Å². The van der Waals surface area contributed by atoms with Crippen LogP contribution in [0, 0.1) is 5.82 Å². The molecule has 3 heterocycles. The lowest BCUT2D eigenvalue weighted by Gasteiger charge is -2.20. The summed E-state index contributed by atoms with van der Waals surface area (Å²) in [4.78, 5) is 34.2. The molecule has 1 aliphatic rings. The van der Waals surface area contributed by atoms with Crippen LogP contribution in [0.1, 0.15) is 17.4 Å². The van der Waals surface area contributed by atoms with Crippen LogP contribution in [0.25, 0.3) is 16.8 Å². The number of carbonyl (C=O) groups is 2. The van der Waals surface area contributed by atoms with Crippen molar-refractivity contribution in [2.45, 2.75) is 6.04 Å². The van der Waals surface area contributed by atoms with Crippen molar-refractivity contribution in [1.29, 1.82) is 0 Å². The Kier molecular flexibility index (Phi) is 3.99. The zero-order valence-electron chi connectivity index (χ0n) is 15.4. The number of amides is 1. The number of nitrogens with zero attached hydrogens (tertiary/aromatic N) is 2. The highest BCUT2D eigenvalue weighted by atomic mass is 19.1. The lowest BCUT2D eigenvalue weighted by atomic mass is 9.99. The Hall–Kier alpha value is -4.20. The number of Topliss-reactive ketones (excluding diaryl/α,β-unsaturated/α-hetero) is 1. The second-order valence-electron chi connectivity index (χ2n) is 6.77. The lowest BCUT2D eigenvalue weighted by molar-refractivity contribution is -0.132. The van der Waals surface area contributed by atoms with Crippen LogP contribution in [0.2, 0.25) is 0 Å². The lowest BCUT2D eigenvalue weighted by Crippen LogP contribution is -2.30. The van der Waals surface area contributed by atoms with Crippen molar-refractivity contribution in [3.8, 4) is 0 Å². The molecule has 2 aromatic carbocycles. The Morgan fingerprint density at radius 1 is 1.10 bits per heavy atom. The quantitative estimate of drug-likeness (QED) is 0.307. The van der Waals surface area contributed by atoms with Gasteiger partial charge in [0.1, 0.15) is 23.4 Å². The summed E-state index contributed by atoms with van der Waals surface area (Å²) in [5.74, 6) is -2.21. The molecule has 0 radical (unpaired) electrons. The molecule has 1 unspecified atom stereocenters. The highest BCUT2D eigenvalue weighted by Crippen LogP contribution is 2.41. The zero-order valence-corrected chi connectivity index (χ0v) is 15.4. The number of nitrogens with one attached hydrogen (secondary N) is 1. The van der Waals surface area contributed by atoms with E-state index in [4.69, 9.17) is 4.42 Å². The van der Waals surface area contributed by atoms with Crippen molar-refractivity contribution >= 4 is 34.4 Å². The first-order valence-corrected chi connectivity index (χ1v) is 9.09. The van der Waals surface area contributed by atoms with E-state index >= 15 is 0 Å². The number of halogens is 1.